The Morgan fingerprint density at radius 1 is 1.06 bits per heavy atom. The van der Waals surface area contributed by atoms with Crippen LogP contribution in [0.1, 0.15) is 57.2 Å². The summed E-state index contributed by atoms with van der Waals surface area (Å²) >= 11 is 0. The molecule has 0 atom stereocenters. The van der Waals surface area contributed by atoms with Gasteiger partial charge in [0.2, 0.25) is 0 Å². The molecule has 17 heavy (non-hydrogen) atoms. The highest BCUT2D eigenvalue weighted by Crippen LogP contribution is 2.50. The maximum Gasteiger partial charge on any atom is 0.0208 e. The predicted octanol–water partition coefficient (Wildman–Crippen LogP) is 4.18. The largest absolute Gasteiger partial charge is 0.312 e. The van der Waals surface area contributed by atoms with E-state index >= 15 is 0 Å². The predicted molar refractivity (Wildman–Crippen MR) is 76.5 cm³/mol. The Kier molecular flexibility index (Phi) is 5.20. The molecule has 0 unspecified atom stereocenters. The van der Waals surface area contributed by atoms with Crippen LogP contribution in [0.2, 0.25) is 0 Å². The first-order valence-electron chi connectivity index (χ1n) is 7.11. The van der Waals surface area contributed by atoms with Gasteiger partial charge >= 0.3 is 0 Å². The fraction of sp³-hybridized carbons (Fsp3) is 0.625. The third-order valence-corrected chi connectivity index (χ3v) is 3.46. The second-order valence-electron chi connectivity index (χ2n) is 4.54. The summed E-state index contributed by atoms with van der Waals surface area (Å²) in [5.74, 6) is 0. The summed E-state index contributed by atoms with van der Waals surface area (Å²) < 4.78 is 0. The summed E-state index contributed by atoms with van der Waals surface area (Å²) in [6.45, 7) is 12.4. The lowest BCUT2D eigenvalue weighted by Gasteiger charge is -2.26. The van der Waals surface area contributed by atoms with Gasteiger partial charge in [-0.25, -0.2) is 0 Å². The van der Waals surface area contributed by atoms with Crippen molar-refractivity contribution in [1.29, 1.82) is 0 Å². The Balaban J connectivity index is 0.000000330. The topological polar surface area (TPSA) is 12.0 Å². The average Bonchev–Trinajstić information content (AvgIpc) is 3.15. The summed E-state index contributed by atoms with van der Waals surface area (Å²) in [6, 6.07) is 6.93. The third kappa shape index (κ3) is 2.90. The Hall–Kier alpha value is -0.820. The second-order valence-corrected chi connectivity index (χ2v) is 4.54. The van der Waals surface area contributed by atoms with Crippen molar-refractivity contribution >= 4 is 0 Å². The highest BCUT2D eigenvalue weighted by molar-refractivity contribution is 5.43. The Labute approximate surface area is 107 Å². The normalized spacial score (nSPS) is 18.2. The zero-order valence-electron chi connectivity index (χ0n) is 12.1. The van der Waals surface area contributed by atoms with Crippen LogP contribution in [-0.2, 0) is 12.0 Å². The number of fused-ring (bicyclic) bond motifs is 2. The van der Waals surface area contributed by atoms with Crippen LogP contribution in [0.15, 0.2) is 18.2 Å². The van der Waals surface area contributed by atoms with E-state index in [0.29, 0.717) is 5.41 Å². The summed E-state index contributed by atoms with van der Waals surface area (Å²) in [7, 11) is 0. The van der Waals surface area contributed by atoms with Crippen LogP contribution in [-0.4, -0.2) is 6.54 Å². The molecule has 0 amide bonds. The SMILES string of the molecule is CC.CC.Cc1ccc2c(c1)CNCC21CC1. The molecule has 1 heteroatoms. The molecular weight excluding hydrogens is 206 g/mol. The standard InChI is InChI=1S/C12H15N.2C2H6/c1-9-2-3-11-10(6-9)7-13-8-12(11)4-5-12;2*1-2/h2-3,6,13H,4-5,7-8H2,1H3;2*1-2H3. The molecule has 1 N–H and O–H groups in total. The summed E-state index contributed by atoms with van der Waals surface area (Å²) in [5.41, 5.74) is 5.08. The summed E-state index contributed by atoms with van der Waals surface area (Å²) in [4.78, 5) is 0. The minimum atomic E-state index is 0.543. The maximum atomic E-state index is 3.52. The van der Waals surface area contributed by atoms with Crippen molar-refractivity contribution in [2.75, 3.05) is 6.54 Å². The zero-order chi connectivity index (χ0) is 12.9. The van der Waals surface area contributed by atoms with Gasteiger partial charge in [0.05, 0.1) is 0 Å². The lowest BCUT2D eigenvalue weighted by molar-refractivity contribution is 0.531. The first-order chi connectivity index (χ1) is 8.30. The minimum absolute atomic E-state index is 0.543. The van der Waals surface area contributed by atoms with Crippen LogP contribution in [0.5, 0.6) is 0 Å². The Morgan fingerprint density at radius 3 is 2.29 bits per heavy atom. The molecular formula is C16H27N. The number of hydrogen-bond acceptors (Lipinski definition) is 1. The van der Waals surface area contributed by atoms with Crippen molar-refractivity contribution in [2.24, 2.45) is 0 Å². The number of hydrogen-bond donors (Lipinski definition) is 1. The van der Waals surface area contributed by atoms with E-state index in [-0.39, 0.29) is 0 Å². The molecule has 3 rings (SSSR count). The molecule has 1 saturated carbocycles. The van der Waals surface area contributed by atoms with Crippen LogP contribution in [0.4, 0.5) is 0 Å². The fourth-order valence-corrected chi connectivity index (χ4v) is 2.51. The molecule has 1 fully saturated rings. The van der Waals surface area contributed by atoms with Gasteiger partial charge in [-0.2, -0.15) is 0 Å². The van der Waals surface area contributed by atoms with E-state index in [2.05, 4.69) is 30.4 Å². The number of nitrogens with one attached hydrogen (secondary N) is 1. The van der Waals surface area contributed by atoms with Crippen molar-refractivity contribution in [3.8, 4) is 0 Å². The minimum Gasteiger partial charge on any atom is -0.312 e. The van der Waals surface area contributed by atoms with E-state index in [9.17, 15) is 0 Å². The van der Waals surface area contributed by atoms with E-state index in [1.165, 1.54) is 30.5 Å². The molecule has 1 aliphatic carbocycles. The van der Waals surface area contributed by atoms with Crippen LogP contribution >= 0.6 is 0 Å². The van der Waals surface area contributed by atoms with Crippen molar-refractivity contribution in [3.05, 3.63) is 34.9 Å². The second kappa shape index (κ2) is 6.20. The van der Waals surface area contributed by atoms with Gasteiger partial charge in [-0.3, -0.25) is 0 Å². The first kappa shape index (κ1) is 14.2. The number of rotatable bonds is 0. The Bertz CT molecular complexity index is 351. The van der Waals surface area contributed by atoms with Gasteiger partial charge in [0.1, 0.15) is 0 Å². The molecule has 1 nitrogen and oxygen atoms in total. The van der Waals surface area contributed by atoms with Crippen LogP contribution in [0.25, 0.3) is 0 Å². The van der Waals surface area contributed by atoms with Gasteiger partial charge in [0, 0.05) is 18.5 Å². The third-order valence-electron chi connectivity index (χ3n) is 3.46. The molecule has 0 aromatic heterocycles. The summed E-state index contributed by atoms with van der Waals surface area (Å²) in [6.07, 6.45) is 2.77. The van der Waals surface area contributed by atoms with Crippen molar-refractivity contribution in [1.82, 2.24) is 5.32 Å². The van der Waals surface area contributed by atoms with E-state index in [1.807, 2.05) is 27.7 Å². The highest BCUT2D eigenvalue weighted by Gasteiger charge is 2.46. The molecule has 2 aliphatic rings. The van der Waals surface area contributed by atoms with Crippen molar-refractivity contribution < 1.29 is 0 Å². The smallest absolute Gasteiger partial charge is 0.0208 e. The molecule has 0 saturated heterocycles. The molecule has 1 heterocycles. The number of benzene rings is 1. The van der Waals surface area contributed by atoms with Crippen molar-refractivity contribution in [2.45, 2.75) is 59.4 Å². The molecule has 1 aromatic carbocycles. The first-order valence-corrected chi connectivity index (χ1v) is 7.11. The van der Waals surface area contributed by atoms with E-state index in [0.717, 1.165) is 6.54 Å². The van der Waals surface area contributed by atoms with Gasteiger partial charge in [-0.1, -0.05) is 51.5 Å². The van der Waals surface area contributed by atoms with Crippen LogP contribution in [0.3, 0.4) is 0 Å². The van der Waals surface area contributed by atoms with Gasteiger partial charge in [-0.15, -0.1) is 0 Å². The molecule has 0 bridgehead atoms. The molecule has 1 spiro atoms. The van der Waals surface area contributed by atoms with E-state index < -0.39 is 0 Å². The molecule has 0 radical (unpaired) electrons. The van der Waals surface area contributed by atoms with Crippen LogP contribution < -0.4 is 5.32 Å². The molecule has 1 aliphatic heterocycles. The van der Waals surface area contributed by atoms with Crippen molar-refractivity contribution in [3.63, 3.8) is 0 Å². The number of aryl methyl sites for hydroxylation is 1. The lowest BCUT2D eigenvalue weighted by atomic mass is 9.87. The Morgan fingerprint density at radius 2 is 1.71 bits per heavy atom. The molecule has 96 valence electrons. The lowest BCUT2D eigenvalue weighted by Crippen LogP contribution is -2.33. The van der Waals surface area contributed by atoms with E-state index in [1.54, 1.807) is 5.56 Å². The summed E-state index contributed by atoms with van der Waals surface area (Å²) in [5, 5.41) is 3.52. The van der Waals surface area contributed by atoms with Gasteiger partial charge in [0.25, 0.3) is 0 Å². The quantitative estimate of drug-likeness (QED) is 0.709. The monoisotopic (exact) mass is 233 g/mol. The van der Waals surface area contributed by atoms with Crippen LogP contribution in [0, 0.1) is 6.92 Å². The van der Waals surface area contributed by atoms with Gasteiger partial charge < -0.3 is 5.32 Å². The van der Waals surface area contributed by atoms with E-state index in [4.69, 9.17) is 0 Å². The zero-order valence-corrected chi connectivity index (χ0v) is 12.1. The fourth-order valence-electron chi connectivity index (χ4n) is 2.51. The van der Waals surface area contributed by atoms with Gasteiger partial charge in [-0.05, 0) is 30.9 Å². The van der Waals surface area contributed by atoms with Gasteiger partial charge in [0.15, 0.2) is 0 Å². The molecule has 1 aromatic rings. The maximum absolute atomic E-state index is 3.52. The average molecular weight is 233 g/mol. The highest BCUT2D eigenvalue weighted by atomic mass is 14.9.